The standard InChI is InChI=1S/C28H44O3S2Si/c1-11-28(12-2,25-17-21(5)24(33-25)18-32-19-26(29)30-13-3)22-14-15-23(20(4)16-22)31-34(9,10)27(6,7)8/h14-17H,11-13,18-19H2,1-10H3. The van der Waals surface area contributed by atoms with Gasteiger partial charge in [0.25, 0.3) is 0 Å². The Morgan fingerprint density at radius 1 is 1.03 bits per heavy atom. The molecule has 0 aliphatic carbocycles. The third-order valence-electron chi connectivity index (χ3n) is 7.36. The van der Waals surface area contributed by atoms with Gasteiger partial charge in [0.15, 0.2) is 0 Å². The number of thiophene rings is 1. The number of carbonyl (C=O) groups excluding carboxylic acids is 1. The zero-order chi connectivity index (χ0) is 25.7. The van der Waals surface area contributed by atoms with Gasteiger partial charge in [-0.2, -0.15) is 0 Å². The van der Waals surface area contributed by atoms with Gasteiger partial charge in [-0.25, -0.2) is 0 Å². The van der Waals surface area contributed by atoms with Gasteiger partial charge in [-0.15, -0.1) is 23.1 Å². The molecule has 1 aromatic heterocycles. The van der Waals surface area contributed by atoms with Crippen LogP contribution in [-0.4, -0.2) is 26.6 Å². The maximum Gasteiger partial charge on any atom is 0.315 e. The van der Waals surface area contributed by atoms with E-state index in [1.165, 1.54) is 26.4 Å². The average Bonchev–Trinajstić information content (AvgIpc) is 3.11. The first kappa shape index (κ1) is 29.0. The smallest absolute Gasteiger partial charge is 0.315 e. The van der Waals surface area contributed by atoms with Crippen LogP contribution in [0, 0.1) is 13.8 Å². The average molecular weight is 521 g/mol. The number of aryl methyl sites for hydroxylation is 2. The molecule has 190 valence electrons. The van der Waals surface area contributed by atoms with Crippen molar-refractivity contribution >= 4 is 37.4 Å². The number of hydrogen-bond donors (Lipinski definition) is 0. The Hall–Kier alpha value is -1.24. The van der Waals surface area contributed by atoms with E-state index < -0.39 is 8.32 Å². The molecule has 0 atom stereocenters. The summed E-state index contributed by atoms with van der Waals surface area (Å²) in [5.74, 6) is 2.14. The fraction of sp³-hybridized carbons (Fsp3) is 0.607. The van der Waals surface area contributed by atoms with E-state index in [0.717, 1.165) is 24.3 Å². The highest BCUT2D eigenvalue weighted by Gasteiger charge is 2.39. The minimum atomic E-state index is -1.88. The molecule has 6 heteroatoms. The van der Waals surface area contributed by atoms with Crippen molar-refractivity contribution in [1.82, 2.24) is 0 Å². The number of thioether (sulfide) groups is 1. The second-order valence-electron chi connectivity index (χ2n) is 10.6. The molecule has 0 N–H and O–H groups in total. The highest BCUT2D eigenvalue weighted by atomic mass is 32.2. The minimum absolute atomic E-state index is 0.0141. The largest absolute Gasteiger partial charge is 0.543 e. The molecule has 0 saturated carbocycles. The summed E-state index contributed by atoms with van der Waals surface area (Å²) in [7, 11) is -1.88. The lowest BCUT2D eigenvalue weighted by Gasteiger charge is -2.37. The fourth-order valence-electron chi connectivity index (χ4n) is 3.97. The van der Waals surface area contributed by atoms with E-state index in [0.29, 0.717) is 12.4 Å². The van der Waals surface area contributed by atoms with Gasteiger partial charge in [0, 0.05) is 20.9 Å². The molecular formula is C28H44O3S2Si. The first-order chi connectivity index (χ1) is 15.8. The van der Waals surface area contributed by atoms with Crippen LogP contribution in [0.4, 0.5) is 0 Å². The predicted octanol–water partition coefficient (Wildman–Crippen LogP) is 8.65. The van der Waals surface area contributed by atoms with Crippen LogP contribution in [0.5, 0.6) is 5.75 Å². The second-order valence-corrected chi connectivity index (χ2v) is 17.5. The third kappa shape index (κ3) is 6.49. The Bertz CT molecular complexity index is 969. The quantitative estimate of drug-likeness (QED) is 0.219. The van der Waals surface area contributed by atoms with Crippen LogP contribution >= 0.6 is 23.1 Å². The zero-order valence-electron chi connectivity index (χ0n) is 22.9. The Labute approximate surface area is 217 Å². The van der Waals surface area contributed by atoms with Crippen molar-refractivity contribution in [3.8, 4) is 5.75 Å². The summed E-state index contributed by atoms with van der Waals surface area (Å²) in [5.41, 5.74) is 3.88. The molecule has 0 fully saturated rings. The van der Waals surface area contributed by atoms with Crippen molar-refractivity contribution in [1.29, 1.82) is 0 Å². The van der Waals surface area contributed by atoms with Crippen molar-refractivity contribution in [2.45, 2.75) is 97.5 Å². The third-order valence-corrected chi connectivity index (χ3v) is 14.3. The van der Waals surface area contributed by atoms with Gasteiger partial charge in [-0.3, -0.25) is 4.79 Å². The van der Waals surface area contributed by atoms with Gasteiger partial charge in [-0.05, 0) is 80.6 Å². The van der Waals surface area contributed by atoms with Gasteiger partial charge in [0.2, 0.25) is 8.32 Å². The van der Waals surface area contributed by atoms with Crippen molar-refractivity contribution in [3.63, 3.8) is 0 Å². The van der Waals surface area contributed by atoms with Crippen LogP contribution in [0.1, 0.15) is 80.8 Å². The van der Waals surface area contributed by atoms with E-state index in [1.807, 2.05) is 18.3 Å². The molecule has 2 rings (SSSR count). The van der Waals surface area contributed by atoms with Gasteiger partial charge >= 0.3 is 5.97 Å². The number of carbonyl (C=O) groups is 1. The number of ether oxygens (including phenoxy) is 1. The van der Waals surface area contributed by atoms with Crippen LogP contribution in [0.2, 0.25) is 18.1 Å². The summed E-state index contributed by atoms with van der Waals surface area (Å²) in [5, 5.41) is 0.172. The van der Waals surface area contributed by atoms with Gasteiger partial charge in [0.1, 0.15) is 5.75 Å². The van der Waals surface area contributed by atoms with Gasteiger partial charge in [0.05, 0.1) is 12.4 Å². The van der Waals surface area contributed by atoms with E-state index in [-0.39, 0.29) is 16.4 Å². The van der Waals surface area contributed by atoms with E-state index in [9.17, 15) is 4.79 Å². The second kappa shape index (κ2) is 11.7. The molecule has 0 unspecified atom stereocenters. The van der Waals surface area contributed by atoms with E-state index in [1.54, 1.807) is 11.8 Å². The monoisotopic (exact) mass is 520 g/mol. The van der Waals surface area contributed by atoms with Crippen LogP contribution in [0.3, 0.4) is 0 Å². The topological polar surface area (TPSA) is 35.5 Å². The first-order valence-corrected chi connectivity index (χ1v) is 17.3. The lowest BCUT2D eigenvalue weighted by atomic mass is 9.74. The summed E-state index contributed by atoms with van der Waals surface area (Å²) >= 11 is 3.54. The maximum atomic E-state index is 11.7. The molecule has 1 heterocycles. The lowest BCUT2D eigenvalue weighted by molar-refractivity contribution is -0.139. The van der Waals surface area contributed by atoms with Crippen molar-refractivity contribution < 1.29 is 14.0 Å². The predicted molar refractivity (Wildman–Crippen MR) is 152 cm³/mol. The molecule has 1 aromatic carbocycles. The number of esters is 1. The molecule has 3 nitrogen and oxygen atoms in total. The van der Waals surface area contributed by atoms with Gasteiger partial charge < -0.3 is 9.16 Å². The van der Waals surface area contributed by atoms with Gasteiger partial charge in [-0.1, -0.05) is 46.8 Å². The van der Waals surface area contributed by atoms with Crippen molar-refractivity contribution in [2.75, 3.05) is 12.4 Å². The Morgan fingerprint density at radius 2 is 1.68 bits per heavy atom. The molecule has 0 saturated heterocycles. The molecule has 34 heavy (non-hydrogen) atoms. The highest BCUT2D eigenvalue weighted by Crippen LogP contribution is 2.45. The van der Waals surface area contributed by atoms with Crippen LogP contribution < -0.4 is 4.43 Å². The van der Waals surface area contributed by atoms with E-state index in [2.05, 4.69) is 85.8 Å². The maximum absolute atomic E-state index is 11.7. The summed E-state index contributed by atoms with van der Waals surface area (Å²) in [6, 6.07) is 9.20. The summed E-state index contributed by atoms with van der Waals surface area (Å²) in [6.07, 6.45) is 2.08. The van der Waals surface area contributed by atoms with E-state index >= 15 is 0 Å². The number of benzene rings is 1. The van der Waals surface area contributed by atoms with Crippen molar-refractivity contribution in [3.05, 3.63) is 50.7 Å². The molecular weight excluding hydrogens is 477 g/mol. The first-order valence-electron chi connectivity index (χ1n) is 12.4. The number of rotatable bonds is 11. The number of hydrogen-bond acceptors (Lipinski definition) is 5. The summed E-state index contributed by atoms with van der Waals surface area (Å²) in [4.78, 5) is 14.5. The van der Waals surface area contributed by atoms with Crippen molar-refractivity contribution in [2.24, 2.45) is 0 Å². The van der Waals surface area contributed by atoms with Crippen LogP contribution in [0.25, 0.3) is 0 Å². The Kier molecular flexibility index (Phi) is 9.94. The van der Waals surface area contributed by atoms with Crippen LogP contribution in [0.15, 0.2) is 24.3 Å². The summed E-state index contributed by atoms with van der Waals surface area (Å²) < 4.78 is 11.7. The zero-order valence-corrected chi connectivity index (χ0v) is 25.5. The highest BCUT2D eigenvalue weighted by molar-refractivity contribution is 7.99. The molecule has 0 bridgehead atoms. The Morgan fingerprint density at radius 3 is 2.21 bits per heavy atom. The molecule has 2 aromatic rings. The normalized spacial score (nSPS) is 12.6. The molecule has 0 spiro atoms. The SMILES string of the molecule is CCOC(=O)CSCc1sc(C(CC)(CC)c2ccc(O[Si](C)(C)C(C)(C)C)c(C)c2)cc1C. The summed E-state index contributed by atoms with van der Waals surface area (Å²) in [6.45, 7) is 22.7. The minimum Gasteiger partial charge on any atom is -0.543 e. The van der Waals surface area contributed by atoms with E-state index in [4.69, 9.17) is 9.16 Å². The molecule has 0 aliphatic rings. The lowest BCUT2D eigenvalue weighted by Crippen LogP contribution is -2.44. The molecule has 0 amide bonds. The molecule has 0 aliphatic heterocycles. The van der Waals surface area contributed by atoms with Crippen LogP contribution in [-0.2, 0) is 20.7 Å². The molecule has 0 radical (unpaired) electrons. The fourth-order valence-corrected chi connectivity index (χ4v) is 7.63. The Balaban J connectivity index is 2.33.